The van der Waals surface area contributed by atoms with Gasteiger partial charge in [0.2, 0.25) is 5.95 Å². The van der Waals surface area contributed by atoms with Crippen molar-refractivity contribution in [3.8, 4) is 0 Å². The standard InChI is InChI=1S/C12H21ClN4OS/c1-4-5-14-12-15-6-9(13)11(17-12)16-8(2)10(7-18)19-3/h6,8,10,18H,4-5,7H2,1-3H3,(H2,14,15,16,17). The highest BCUT2D eigenvalue weighted by Crippen LogP contribution is 2.22. The fourth-order valence-electron chi connectivity index (χ4n) is 1.54. The molecule has 0 spiro atoms. The average molecular weight is 305 g/mol. The van der Waals surface area contributed by atoms with Crippen LogP contribution in [0, 0.1) is 0 Å². The van der Waals surface area contributed by atoms with Gasteiger partial charge in [-0.2, -0.15) is 16.7 Å². The molecule has 0 saturated carbocycles. The van der Waals surface area contributed by atoms with Gasteiger partial charge in [0, 0.05) is 17.8 Å². The number of rotatable bonds is 8. The third-order valence-electron chi connectivity index (χ3n) is 2.68. The molecule has 0 aliphatic carbocycles. The molecule has 0 fully saturated rings. The van der Waals surface area contributed by atoms with E-state index in [9.17, 15) is 5.11 Å². The molecule has 7 heteroatoms. The van der Waals surface area contributed by atoms with E-state index in [1.54, 1.807) is 18.0 Å². The van der Waals surface area contributed by atoms with Gasteiger partial charge >= 0.3 is 0 Å². The van der Waals surface area contributed by atoms with Crippen LogP contribution in [0.1, 0.15) is 20.3 Å². The molecular weight excluding hydrogens is 284 g/mol. The SMILES string of the molecule is CCCNc1ncc(Cl)c(NC(C)C(CO)SC)n1. The molecular formula is C12H21ClN4OS. The Balaban J connectivity index is 2.75. The summed E-state index contributed by atoms with van der Waals surface area (Å²) >= 11 is 7.69. The van der Waals surface area contributed by atoms with Crippen LogP contribution in [0.15, 0.2) is 6.20 Å². The Kier molecular flexibility index (Phi) is 7.27. The molecule has 0 bridgehead atoms. The first kappa shape index (κ1) is 16.3. The quantitative estimate of drug-likeness (QED) is 0.685. The molecule has 1 aromatic rings. The van der Waals surface area contributed by atoms with Crippen molar-refractivity contribution in [3.63, 3.8) is 0 Å². The lowest BCUT2D eigenvalue weighted by Gasteiger charge is -2.22. The summed E-state index contributed by atoms with van der Waals surface area (Å²) in [7, 11) is 0. The van der Waals surface area contributed by atoms with Gasteiger partial charge in [-0.1, -0.05) is 18.5 Å². The van der Waals surface area contributed by atoms with Crippen LogP contribution in [-0.2, 0) is 0 Å². The molecule has 2 unspecified atom stereocenters. The van der Waals surface area contributed by atoms with Crippen LogP contribution in [0.4, 0.5) is 11.8 Å². The molecule has 0 aliphatic rings. The molecule has 1 rings (SSSR count). The van der Waals surface area contributed by atoms with E-state index in [4.69, 9.17) is 11.6 Å². The maximum Gasteiger partial charge on any atom is 0.224 e. The zero-order chi connectivity index (χ0) is 14.3. The minimum Gasteiger partial charge on any atom is -0.395 e. The highest BCUT2D eigenvalue weighted by Gasteiger charge is 2.17. The number of halogens is 1. The van der Waals surface area contributed by atoms with Crippen molar-refractivity contribution >= 4 is 35.1 Å². The van der Waals surface area contributed by atoms with Gasteiger partial charge in [0.15, 0.2) is 5.82 Å². The fourth-order valence-corrected chi connectivity index (χ4v) is 2.31. The van der Waals surface area contributed by atoms with Gasteiger partial charge in [0.05, 0.1) is 12.8 Å². The fraction of sp³-hybridized carbons (Fsp3) is 0.667. The summed E-state index contributed by atoms with van der Waals surface area (Å²) in [4.78, 5) is 8.46. The normalized spacial score (nSPS) is 13.9. The number of nitrogens with zero attached hydrogens (tertiary/aromatic N) is 2. The predicted octanol–water partition coefficient (Wildman–Crippen LogP) is 2.48. The van der Waals surface area contributed by atoms with Crippen molar-refractivity contribution in [2.24, 2.45) is 0 Å². The number of thioether (sulfide) groups is 1. The summed E-state index contributed by atoms with van der Waals surface area (Å²) < 4.78 is 0. The van der Waals surface area contributed by atoms with Crippen LogP contribution in [-0.4, -0.2) is 45.8 Å². The smallest absolute Gasteiger partial charge is 0.224 e. The summed E-state index contributed by atoms with van der Waals surface area (Å²) in [6.07, 6.45) is 4.55. The van der Waals surface area contributed by atoms with E-state index in [-0.39, 0.29) is 17.9 Å². The van der Waals surface area contributed by atoms with E-state index < -0.39 is 0 Å². The lowest BCUT2D eigenvalue weighted by atomic mass is 10.2. The number of hydrogen-bond donors (Lipinski definition) is 3. The number of aliphatic hydroxyl groups excluding tert-OH is 1. The molecule has 3 N–H and O–H groups in total. The molecule has 2 atom stereocenters. The molecule has 0 aromatic carbocycles. The topological polar surface area (TPSA) is 70.1 Å². The molecule has 5 nitrogen and oxygen atoms in total. The summed E-state index contributed by atoms with van der Waals surface area (Å²) in [6.45, 7) is 5.00. The van der Waals surface area contributed by atoms with Crippen molar-refractivity contribution in [2.45, 2.75) is 31.6 Å². The lowest BCUT2D eigenvalue weighted by molar-refractivity contribution is 0.288. The minimum atomic E-state index is 0.0615. The Morgan fingerprint density at radius 2 is 2.26 bits per heavy atom. The summed E-state index contributed by atoms with van der Waals surface area (Å²) in [6, 6.07) is 0.0615. The van der Waals surface area contributed by atoms with Gasteiger partial charge in [-0.25, -0.2) is 4.98 Å². The summed E-state index contributed by atoms with van der Waals surface area (Å²) in [5, 5.41) is 16.2. The summed E-state index contributed by atoms with van der Waals surface area (Å²) in [5.41, 5.74) is 0. The second-order valence-electron chi connectivity index (χ2n) is 4.21. The van der Waals surface area contributed by atoms with E-state index in [2.05, 4.69) is 27.5 Å². The van der Waals surface area contributed by atoms with E-state index in [0.717, 1.165) is 13.0 Å². The van der Waals surface area contributed by atoms with Gasteiger partial charge in [0.1, 0.15) is 5.02 Å². The Morgan fingerprint density at radius 1 is 1.53 bits per heavy atom. The van der Waals surface area contributed by atoms with E-state index in [1.165, 1.54) is 0 Å². The third-order valence-corrected chi connectivity index (χ3v) is 4.12. The average Bonchev–Trinajstić information content (AvgIpc) is 2.41. The van der Waals surface area contributed by atoms with E-state index >= 15 is 0 Å². The molecule has 0 saturated heterocycles. The largest absolute Gasteiger partial charge is 0.395 e. The second-order valence-corrected chi connectivity index (χ2v) is 5.69. The Labute approximate surface area is 123 Å². The third kappa shape index (κ3) is 5.04. The molecule has 1 aromatic heterocycles. The molecule has 108 valence electrons. The van der Waals surface area contributed by atoms with Gasteiger partial charge < -0.3 is 15.7 Å². The molecule has 0 radical (unpaired) electrons. The first-order valence-corrected chi connectivity index (χ1v) is 7.95. The van der Waals surface area contributed by atoms with Crippen molar-refractivity contribution in [2.75, 3.05) is 30.0 Å². The predicted molar refractivity (Wildman–Crippen MR) is 83.3 cm³/mol. The van der Waals surface area contributed by atoms with Crippen molar-refractivity contribution in [1.82, 2.24) is 9.97 Å². The van der Waals surface area contributed by atoms with Crippen LogP contribution in [0.3, 0.4) is 0 Å². The molecule has 0 amide bonds. The Hall–Kier alpha value is -0.720. The van der Waals surface area contributed by atoms with E-state index in [0.29, 0.717) is 16.8 Å². The number of aromatic nitrogens is 2. The molecule has 0 aliphatic heterocycles. The number of nitrogens with one attached hydrogen (secondary N) is 2. The Bertz CT molecular complexity index is 390. The first-order valence-electron chi connectivity index (χ1n) is 6.29. The van der Waals surface area contributed by atoms with Crippen LogP contribution >= 0.6 is 23.4 Å². The lowest BCUT2D eigenvalue weighted by Crippen LogP contribution is -2.31. The number of anilines is 2. The van der Waals surface area contributed by atoms with E-state index in [1.807, 2.05) is 13.2 Å². The number of hydrogen-bond acceptors (Lipinski definition) is 6. The Morgan fingerprint density at radius 3 is 2.84 bits per heavy atom. The van der Waals surface area contributed by atoms with Crippen LogP contribution in [0.25, 0.3) is 0 Å². The van der Waals surface area contributed by atoms with Gasteiger partial charge in [0.25, 0.3) is 0 Å². The highest BCUT2D eigenvalue weighted by atomic mass is 35.5. The van der Waals surface area contributed by atoms with Gasteiger partial charge in [-0.05, 0) is 19.6 Å². The zero-order valence-electron chi connectivity index (χ0n) is 11.5. The second kappa shape index (κ2) is 8.45. The van der Waals surface area contributed by atoms with Crippen LogP contribution < -0.4 is 10.6 Å². The van der Waals surface area contributed by atoms with Crippen molar-refractivity contribution in [3.05, 3.63) is 11.2 Å². The maximum absolute atomic E-state index is 9.28. The number of aliphatic hydroxyl groups is 1. The maximum atomic E-state index is 9.28. The van der Waals surface area contributed by atoms with Crippen molar-refractivity contribution < 1.29 is 5.11 Å². The highest BCUT2D eigenvalue weighted by molar-refractivity contribution is 7.99. The summed E-state index contributed by atoms with van der Waals surface area (Å²) in [5.74, 6) is 1.15. The first-order chi connectivity index (χ1) is 9.12. The van der Waals surface area contributed by atoms with Crippen LogP contribution in [0.2, 0.25) is 5.02 Å². The molecule has 19 heavy (non-hydrogen) atoms. The van der Waals surface area contributed by atoms with Crippen LogP contribution in [0.5, 0.6) is 0 Å². The van der Waals surface area contributed by atoms with Gasteiger partial charge in [-0.3, -0.25) is 0 Å². The minimum absolute atomic E-state index is 0.0615. The monoisotopic (exact) mass is 304 g/mol. The van der Waals surface area contributed by atoms with Crippen molar-refractivity contribution in [1.29, 1.82) is 0 Å². The zero-order valence-corrected chi connectivity index (χ0v) is 13.1. The van der Waals surface area contributed by atoms with Gasteiger partial charge in [-0.15, -0.1) is 0 Å². The molecule has 1 heterocycles.